The Morgan fingerprint density at radius 3 is 2.65 bits per heavy atom. The summed E-state index contributed by atoms with van der Waals surface area (Å²) in [5.41, 5.74) is 4.69. The number of rotatable bonds is 7. The van der Waals surface area contributed by atoms with Gasteiger partial charge in [-0.15, -0.1) is 0 Å². The van der Waals surface area contributed by atoms with Gasteiger partial charge < -0.3 is 4.74 Å². The Bertz CT molecular complexity index is 1450. The highest BCUT2D eigenvalue weighted by Gasteiger charge is 2.12. The number of hydrogen-bond donors (Lipinski definition) is 2. The zero-order valence-electron chi connectivity index (χ0n) is 17.6. The number of hydrogen-bond acceptors (Lipinski definition) is 6. The molecule has 3 aromatic carbocycles. The highest BCUT2D eigenvalue weighted by Crippen LogP contribution is 2.24. The lowest BCUT2D eigenvalue weighted by molar-refractivity contribution is 0.306. The molecule has 2 N–H and O–H groups in total. The van der Waals surface area contributed by atoms with E-state index in [4.69, 9.17) is 27.9 Å². The molecule has 4 aromatic rings. The summed E-state index contributed by atoms with van der Waals surface area (Å²) in [5.74, 6) is 0.761. The van der Waals surface area contributed by atoms with Crippen LogP contribution in [0.3, 0.4) is 0 Å². The Morgan fingerprint density at radius 2 is 1.88 bits per heavy atom. The van der Waals surface area contributed by atoms with Crippen LogP contribution in [0.5, 0.6) is 5.75 Å². The molecule has 0 amide bonds. The van der Waals surface area contributed by atoms with Crippen LogP contribution < -0.4 is 15.7 Å². The average Bonchev–Trinajstić information content (AvgIpc) is 2.85. The van der Waals surface area contributed by atoms with E-state index in [0.717, 1.165) is 11.1 Å². The summed E-state index contributed by atoms with van der Waals surface area (Å²) in [6.07, 6.45) is 1.56. The standard InChI is InChI=1S/C25H17Cl2N5O2/c26-21-10-9-17(12-22(21)27)15-34-19-8-4-5-16(11-19)14-29-32-25-30-23(18-6-2-1-3-7-18)20(13-28)24(33)31-25/h1-12,14H,15H2,(H2,30,31,32,33). The summed E-state index contributed by atoms with van der Waals surface area (Å²) in [7, 11) is 0. The number of nitrogens with zero attached hydrogens (tertiary/aromatic N) is 3. The van der Waals surface area contributed by atoms with Crippen LogP contribution in [0.2, 0.25) is 10.0 Å². The number of nitriles is 1. The zero-order chi connectivity index (χ0) is 23.9. The van der Waals surface area contributed by atoms with Crippen LogP contribution in [0.25, 0.3) is 11.3 Å². The van der Waals surface area contributed by atoms with Crippen LogP contribution in [0.15, 0.2) is 82.7 Å². The third-order valence-electron chi connectivity index (χ3n) is 4.71. The predicted octanol–water partition coefficient (Wildman–Crippen LogP) is 5.64. The van der Waals surface area contributed by atoms with Crippen molar-refractivity contribution >= 4 is 35.4 Å². The minimum absolute atomic E-state index is 0.0624. The van der Waals surface area contributed by atoms with E-state index >= 15 is 0 Å². The summed E-state index contributed by atoms with van der Waals surface area (Å²) < 4.78 is 5.82. The number of benzene rings is 3. The van der Waals surface area contributed by atoms with Gasteiger partial charge >= 0.3 is 0 Å². The van der Waals surface area contributed by atoms with Gasteiger partial charge in [0.1, 0.15) is 24.0 Å². The van der Waals surface area contributed by atoms with Crippen LogP contribution >= 0.6 is 23.2 Å². The van der Waals surface area contributed by atoms with E-state index in [-0.39, 0.29) is 17.2 Å². The lowest BCUT2D eigenvalue weighted by Gasteiger charge is -2.08. The first kappa shape index (κ1) is 23.1. The molecule has 0 radical (unpaired) electrons. The molecule has 7 nitrogen and oxygen atoms in total. The molecule has 0 fully saturated rings. The molecule has 168 valence electrons. The molecule has 0 spiro atoms. The Morgan fingerprint density at radius 1 is 1.06 bits per heavy atom. The van der Waals surface area contributed by atoms with E-state index in [1.54, 1.807) is 42.6 Å². The lowest BCUT2D eigenvalue weighted by atomic mass is 10.1. The van der Waals surface area contributed by atoms with Gasteiger partial charge in [0.2, 0.25) is 5.95 Å². The van der Waals surface area contributed by atoms with Gasteiger partial charge in [-0.05, 0) is 35.4 Å². The van der Waals surface area contributed by atoms with Crippen molar-refractivity contribution in [2.75, 3.05) is 5.43 Å². The maximum Gasteiger partial charge on any atom is 0.270 e. The van der Waals surface area contributed by atoms with Crippen LogP contribution in [0, 0.1) is 11.3 Å². The fourth-order valence-electron chi connectivity index (χ4n) is 3.08. The largest absolute Gasteiger partial charge is 0.489 e. The number of nitrogens with one attached hydrogen (secondary N) is 2. The molecule has 4 rings (SSSR count). The molecule has 0 aliphatic rings. The number of ether oxygens (including phenoxy) is 1. The minimum atomic E-state index is -0.549. The second kappa shape index (κ2) is 10.7. The molecular formula is C25H17Cl2N5O2. The lowest BCUT2D eigenvalue weighted by Crippen LogP contribution is -2.16. The van der Waals surface area contributed by atoms with Gasteiger partial charge in [0.15, 0.2) is 0 Å². The van der Waals surface area contributed by atoms with E-state index in [1.807, 2.05) is 42.5 Å². The van der Waals surface area contributed by atoms with Crippen molar-refractivity contribution in [1.29, 1.82) is 5.26 Å². The molecule has 1 heterocycles. The molecule has 0 aliphatic heterocycles. The van der Waals surface area contributed by atoms with Crippen LogP contribution in [-0.2, 0) is 6.61 Å². The Hall–Kier alpha value is -4.12. The van der Waals surface area contributed by atoms with Gasteiger partial charge in [0.05, 0.1) is 22.0 Å². The van der Waals surface area contributed by atoms with Gasteiger partial charge in [-0.25, -0.2) is 10.4 Å². The summed E-state index contributed by atoms with van der Waals surface area (Å²) in [6, 6.07) is 23.6. The van der Waals surface area contributed by atoms with Crippen molar-refractivity contribution < 1.29 is 4.74 Å². The maximum atomic E-state index is 12.3. The van der Waals surface area contributed by atoms with Gasteiger partial charge in [0, 0.05) is 5.56 Å². The van der Waals surface area contributed by atoms with Gasteiger partial charge in [-0.1, -0.05) is 71.7 Å². The number of halogens is 2. The first-order valence-corrected chi connectivity index (χ1v) is 10.8. The first-order chi connectivity index (χ1) is 16.5. The highest BCUT2D eigenvalue weighted by molar-refractivity contribution is 6.42. The molecule has 9 heteroatoms. The van der Waals surface area contributed by atoms with Gasteiger partial charge in [-0.3, -0.25) is 9.78 Å². The average molecular weight is 490 g/mol. The van der Waals surface area contributed by atoms with Gasteiger partial charge in [-0.2, -0.15) is 10.4 Å². The van der Waals surface area contributed by atoms with Crippen molar-refractivity contribution in [2.24, 2.45) is 5.10 Å². The Labute approximate surface area is 205 Å². The normalized spacial score (nSPS) is 10.7. The molecule has 0 unspecified atom stereocenters. The zero-order valence-corrected chi connectivity index (χ0v) is 19.1. The molecule has 0 atom stereocenters. The third-order valence-corrected chi connectivity index (χ3v) is 5.45. The van der Waals surface area contributed by atoms with Crippen molar-refractivity contribution in [2.45, 2.75) is 6.61 Å². The molecule has 1 aromatic heterocycles. The highest BCUT2D eigenvalue weighted by atomic mass is 35.5. The SMILES string of the molecule is N#Cc1c(-c2ccccc2)nc(NN=Cc2cccc(OCc3ccc(Cl)c(Cl)c3)c2)[nH]c1=O. The second-order valence-electron chi connectivity index (χ2n) is 7.10. The second-order valence-corrected chi connectivity index (χ2v) is 7.91. The van der Waals surface area contributed by atoms with E-state index in [1.165, 1.54) is 0 Å². The van der Waals surface area contributed by atoms with E-state index in [2.05, 4.69) is 20.5 Å². The summed E-state index contributed by atoms with van der Waals surface area (Å²) in [6.45, 7) is 0.328. The van der Waals surface area contributed by atoms with E-state index in [0.29, 0.717) is 28.0 Å². The molecule has 0 bridgehead atoms. The third kappa shape index (κ3) is 5.62. The Balaban J connectivity index is 1.46. The smallest absolute Gasteiger partial charge is 0.270 e. The number of anilines is 1. The molecule has 34 heavy (non-hydrogen) atoms. The maximum absolute atomic E-state index is 12.3. The summed E-state index contributed by atoms with van der Waals surface area (Å²) in [5, 5.41) is 14.5. The molecule has 0 saturated heterocycles. The van der Waals surface area contributed by atoms with Crippen molar-refractivity contribution in [3.8, 4) is 23.1 Å². The van der Waals surface area contributed by atoms with E-state index in [9.17, 15) is 10.1 Å². The summed E-state index contributed by atoms with van der Waals surface area (Å²) in [4.78, 5) is 19.2. The van der Waals surface area contributed by atoms with Gasteiger partial charge in [0.25, 0.3) is 5.56 Å². The van der Waals surface area contributed by atoms with Crippen LogP contribution in [0.1, 0.15) is 16.7 Å². The predicted molar refractivity (Wildman–Crippen MR) is 133 cm³/mol. The fourth-order valence-corrected chi connectivity index (χ4v) is 3.40. The fraction of sp³-hybridized carbons (Fsp3) is 0.0400. The number of aromatic amines is 1. The number of hydrazone groups is 1. The van der Waals surface area contributed by atoms with Crippen LogP contribution in [0.4, 0.5) is 5.95 Å². The molecular weight excluding hydrogens is 473 g/mol. The molecule has 0 saturated carbocycles. The quantitative estimate of drug-likeness (QED) is 0.258. The van der Waals surface area contributed by atoms with Crippen molar-refractivity contribution in [3.63, 3.8) is 0 Å². The monoisotopic (exact) mass is 489 g/mol. The topological polar surface area (TPSA) is 103 Å². The van der Waals surface area contributed by atoms with E-state index < -0.39 is 5.56 Å². The first-order valence-electron chi connectivity index (χ1n) is 10.1. The van der Waals surface area contributed by atoms with Crippen molar-refractivity contribution in [3.05, 3.63) is 110 Å². The van der Waals surface area contributed by atoms with Crippen molar-refractivity contribution in [1.82, 2.24) is 9.97 Å². The minimum Gasteiger partial charge on any atom is -0.489 e. The Kier molecular flexibility index (Phi) is 7.23. The number of aromatic nitrogens is 2. The molecule has 0 aliphatic carbocycles. The summed E-state index contributed by atoms with van der Waals surface area (Å²) >= 11 is 12.0. The number of H-pyrrole nitrogens is 1. The van der Waals surface area contributed by atoms with Crippen LogP contribution in [-0.4, -0.2) is 16.2 Å².